The second kappa shape index (κ2) is 4.78. The van der Waals surface area contributed by atoms with Crippen LogP contribution in [-0.4, -0.2) is 18.2 Å². The number of carbonyl (C=O) groups excluding carboxylic acids is 1. The summed E-state index contributed by atoms with van der Waals surface area (Å²) < 4.78 is 3.87. The molecule has 5 N–H and O–H groups in total. The highest BCUT2D eigenvalue weighted by molar-refractivity contribution is 5.65. The molecule has 1 amide bonds. The summed E-state index contributed by atoms with van der Waals surface area (Å²) in [5.41, 5.74) is 1.25. The molecule has 0 aromatic rings. The van der Waals surface area contributed by atoms with Gasteiger partial charge < -0.3 is 10.9 Å². The lowest BCUT2D eigenvalue weighted by Crippen LogP contribution is -2.28. The Kier molecular flexibility index (Phi) is 5.62. The molecule has 0 aliphatic heterocycles. The first-order chi connectivity index (χ1) is 3.66. The highest BCUT2D eigenvalue weighted by atomic mass is 16.7. The van der Waals surface area contributed by atoms with Crippen LogP contribution in [0.3, 0.4) is 0 Å². The number of hydrogen-bond acceptors (Lipinski definition) is 4. The topological polar surface area (TPSA) is 118 Å². The summed E-state index contributed by atoms with van der Waals surface area (Å²) in [5.74, 6) is 0. The average molecular weight is 138 g/mol. The maximum atomic E-state index is 9.85. The molecular weight excluding hydrogens is 130 g/mol. The van der Waals surface area contributed by atoms with Crippen LogP contribution >= 0.6 is 0 Å². The molecule has 0 saturated heterocycles. The van der Waals surface area contributed by atoms with Crippen molar-refractivity contribution in [3.8, 4) is 0 Å². The Morgan fingerprint density at radius 2 is 2.22 bits per heavy atom. The lowest BCUT2D eigenvalue weighted by atomic mass is 11.2. The molecule has 0 aliphatic rings. The third-order valence-corrected chi connectivity index (χ3v) is 0.368. The first-order valence-electron chi connectivity index (χ1n) is 1.66. The zero-order valence-electron chi connectivity index (χ0n) is 5.08. The Hall–Kier alpha value is -1.37. The third kappa shape index (κ3) is 6.63. The summed E-state index contributed by atoms with van der Waals surface area (Å²) in [6.07, 6.45) is -1.07. The predicted octanol–water partition coefficient (Wildman–Crippen LogP) is -0.0897. The molecule has 0 radical (unpaired) electrons. The van der Waals surface area contributed by atoms with Crippen molar-refractivity contribution in [1.29, 1.82) is 0 Å². The molecule has 0 aliphatic carbocycles. The molecule has 7 heteroatoms. The van der Waals surface area contributed by atoms with Gasteiger partial charge in [-0.15, -0.1) is 0 Å². The van der Waals surface area contributed by atoms with Crippen molar-refractivity contribution < 1.29 is 14.6 Å². The van der Waals surface area contributed by atoms with E-state index in [4.69, 9.17) is 0 Å². The number of hydrogen-bond donors (Lipinski definition) is 2. The first-order valence-corrected chi connectivity index (χ1v) is 1.66. The number of carbonyl (C=O) groups is 1. The highest BCUT2D eigenvalue weighted by Gasteiger charge is 2.03. The molecular formula is C2H8N3O4+. The van der Waals surface area contributed by atoms with Crippen LogP contribution in [0.5, 0.6) is 0 Å². The average Bonchev–Trinajstić information content (AvgIpc) is 1.65. The van der Waals surface area contributed by atoms with Gasteiger partial charge in [-0.3, -0.25) is 0 Å². The molecule has 0 spiro atoms. The summed E-state index contributed by atoms with van der Waals surface area (Å²) in [7, 11) is 1.04. The minimum Gasteiger partial charge on any atom is -0.449 e. The lowest BCUT2D eigenvalue weighted by Gasteiger charge is -1.89. The van der Waals surface area contributed by atoms with E-state index in [2.05, 4.69) is 4.74 Å². The molecule has 7 nitrogen and oxygen atoms in total. The van der Waals surface area contributed by atoms with Crippen molar-refractivity contribution in [1.82, 2.24) is 11.6 Å². The lowest BCUT2D eigenvalue weighted by molar-refractivity contribution is -0.530. The van der Waals surface area contributed by atoms with Crippen LogP contribution in [0.15, 0.2) is 0 Å². The van der Waals surface area contributed by atoms with E-state index in [1.54, 1.807) is 0 Å². The quantitative estimate of drug-likeness (QED) is 0.388. The second-order valence-electron chi connectivity index (χ2n) is 0.860. The normalized spacial score (nSPS) is 6.78. The van der Waals surface area contributed by atoms with Gasteiger partial charge in [0.15, 0.2) is 5.03 Å². The number of nitrogens with zero attached hydrogens (tertiary/aromatic N) is 1. The van der Waals surface area contributed by atoms with Crippen molar-refractivity contribution in [2.75, 3.05) is 7.11 Å². The molecule has 0 atom stereocenters. The molecule has 54 valence electrons. The van der Waals surface area contributed by atoms with Crippen molar-refractivity contribution in [2.24, 2.45) is 0 Å². The van der Waals surface area contributed by atoms with Gasteiger partial charge in [0.1, 0.15) is 0 Å². The van der Waals surface area contributed by atoms with Crippen molar-refractivity contribution in [3.63, 3.8) is 0 Å². The largest absolute Gasteiger partial charge is 0.465 e. The summed E-state index contributed by atoms with van der Waals surface area (Å²) in [6.45, 7) is 0. The van der Waals surface area contributed by atoms with Gasteiger partial charge in [0.05, 0.1) is 7.11 Å². The Labute approximate surface area is 50.7 Å². The van der Waals surface area contributed by atoms with E-state index in [0.29, 0.717) is 0 Å². The number of rotatable bonds is 1. The van der Waals surface area contributed by atoms with Gasteiger partial charge in [-0.1, -0.05) is 0 Å². The fraction of sp³-hybridized carbons (Fsp3) is 0.500. The van der Waals surface area contributed by atoms with Crippen molar-refractivity contribution in [3.05, 3.63) is 10.1 Å². The Bertz CT molecular complexity index is 112. The molecule has 0 bridgehead atoms. The van der Waals surface area contributed by atoms with E-state index in [-0.39, 0.29) is 6.15 Å². The highest BCUT2D eigenvalue weighted by Crippen LogP contribution is 1.67. The van der Waals surface area contributed by atoms with Crippen LogP contribution < -0.4 is 11.6 Å². The fourth-order valence-electron chi connectivity index (χ4n) is 0.120. The number of nitro groups is 1. The second-order valence-corrected chi connectivity index (χ2v) is 0.860. The van der Waals surface area contributed by atoms with Gasteiger partial charge in [0.25, 0.3) is 0 Å². The molecule has 0 fully saturated rings. The maximum Gasteiger partial charge on any atom is 0.465 e. The van der Waals surface area contributed by atoms with E-state index >= 15 is 0 Å². The van der Waals surface area contributed by atoms with E-state index < -0.39 is 11.1 Å². The van der Waals surface area contributed by atoms with Gasteiger partial charge in [-0.2, -0.15) is 0 Å². The third-order valence-electron chi connectivity index (χ3n) is 0.368. The maximum absolute atomic E-state index is 9.85. The molecule has 0 aromatic carbocycles. The number of nitrogens with one attached hydrogen (secondary N) is 1. The minimum absolute atomic E-state index is 0. The number of ether oxygens (including phenoxy) is 1. The number of amides is 1. The van der Waals surface area contributed by atoms with Crippen LogP contribution in [0.25, 0.3) is 0 Å². The molecule has 0 heterocycles. The fourth-order valence-corrected chi connectivity index (χ4v) is 0.120. The predicted molar refractivity (Wildman–Crippen MR) is 28.5 cm³/mol. The van der Waals surface area contributed by atoms with Gasteiger partial charge in [0, 0.05) is 0 Å². The molecule has 0 unspecified atom stereocenters. The van der Waals surface area contributed by atoms with Crippen molar-refractivity contribution in [2.45, 2.75) is 0 Å². The zero-order valence-corrected chi connectivity index (χ0v) is 5.08. The van der Waals surface area contributed by atoms with E-state index in [0.717, 1.165) is 7.11 Å². The van der Waals surface area contributed by atoms with Gasteiger partial charge in [-0.05, 0) is 5.43 Å². The Balaban J connectivity index is 0. The summed E-state index contributed by atoms with van der Waals surface area (Å²) in [4.78, 5) is 19.2. The minimum atomic E-state index is -1.07. The molecule has 0 rings (SSSR count). The summed E-state index contributed by atoms with van der Waals surface area (Å²) in [6, 6.07) is 0. The van der Waals surface area contributed by atoms with Crippen LogP contribution in [0, 0.1) is 10.1 Å². The van der Waals surface area contributed by atoms with Gasteiger partial charge >= 0.3 is 6.09 Å². The zero-order chi connectivity index (χ0) is 6.57. The van der Waals surface area contributed by atoms with E-state index in [1.165, 1.54) is 5.43 Å². The van der Waals surface area contributed by atoms with Crippen LogP contribution in [0.1, 0.15) is 0 Å². The Morgan fingerprint density at radius 3 is 2.33 bits per heavy atom. The number of methoxy groups -OCH3 is 1. The van der Waals surface area contributed by atoms with Gasteiger partial charge in [-0.25, -0.2) is 14.9 Å². The SMILES string of the molecule is COC(=O)N[N+](=O)[O-].[NH4+]. The Morgan fingerprint density at radius 1 is 1.78 bits per heavy atom. The van der Waals surface area contributed by atoms with E-state index in [9.17, 15) is 14.9 Å². The van der Waals surface area contributed by atoms with Crippen LogP contribution in [0.2, 0.25) is 0 Å². The first kappa shape index (κ1) is 10.6. The standard InChI is InChI=1S/C2H4N2O4.H3N/c1-8-2(5)3-4(6)7;/h1H3,(H,3,5);1H3/p+1. The summed E-state index contributed by atoms with van der Waals surface area (Å²) in [5, 5.41) is 8.37. The summed E-state index contributed by atoms with van der Waals surface area (Å²) >= 11 is 0. The van der Waals surface area contributed by atoms with Crippen LogP contribution in [0.4, 0.5) is 4.79 Å². The number of quaternary nitrogens is 1. The number of hydrazine groups is 1. The molecule has 0 saturated carbocycles. The smallest absolute Gasteiger partial charge is 0.449 e. The molecule has 9 heavy (non-hydrogen) atoms. The monoisotopic (exact) mass is 138 g/mol. The van der Waals surface area contributed by atoms with Crippen LogP contribution in [-0.2, 0) is 4.74 Å². The van der Waals surface area contributed by atoms with Crippen molar-refractivity contribution >= 4 is 6.09 Å². The van der Waals surface area contributed by atoms with Gasteiger partial charge in [0.2, 0.25) is 0 Å². The van der Waals surface area contributed by atoms with E-state index in [1.807, 2.05) is 0 Å². The molecule has 0 aromatic heterocycles.